The van der Waals surface area contributed by atoms with E-state index in [1.807, 2.05) is 41.1 Å². The Morgan fingerprint density at radius 1 is 1.16 bits per heavy atom. The molecular formula is C14H14N2OS2. The molecule has 1 heterocycles. The smallest absolute Gasteiger partial charge is 0.228 e. The molecule has 19 heavy (non-hydrogen) atoms. The zero-order chi connectivity index (χ0) is 13.7. The molecule has 3 nitrogen and oxygen atoms in total. The lowest BCUT2D eigenvalue weighted by Crippen LogP contribution is -2.14. The van der Waals surface area contributed by atoms with Crippen LogP contribution in [0.4, 0.5) is 5.69 Å². The van der Waals surface area contributed by atoms with Crippen LogP contribution in [0.25, 0.3) is 0 Å². The van der Waals surface area contributed by atoms with E-state index in [2.05, 4.69) is 5.32 Å². The molecule has 1 aromatic carbocycles. The molecular weight excluding hydrogens is 276 g/mol. The number of hydrogen-bond acceptors (Lipinski definition) is 3. The van der Waals surface area contributed by atoms with Crippen molar-refractivity contribution in [2.45, 2.75) is 12.8 Å². The molecule has 1 amide bonds. The van der Waals surface area contributed by atoms with Gasteiger partial charge in [-0.15, -0.1) is 0 Å². The molecule has 1 aromatic heterocycles. The maximum Gasteiger partial charge on any atom is 0.228 e. The normalized spacial score (nSPS) is 10.1. The minimum atomic E-state index is -0.0134. The summed E-state index contributed by atoms with van der Waals surface area (Å²) < 4.78 is 0. The summed E-state index contributed by atoms with van der Waals surface area (Å²) in [6, 6.07) is 9.51. The van der Waals surface area contributed by atoms with Gasteiger partial charge in [-0.2, -0.15) is 11.3 Å². The summed E-state index contributed by atoms with van der Waals surface area (Å²) in [7, 11) is 0. The molecule has 0 unspecified atom stereocenters. The fourth-order valence-corrected chi connectivity index (χ4v) is 2.53. The summed E-state index contributed by atoms with van der Waals surface area (Å²) in [5, 5.41) is 6.80. The molecule has 3 N–H and O–H groups in total. The lowest BCUT2D eigenvalue weighted by atomic mass is 10.1. The third kappa shape index (κ3) is 4.46. The molecule has 0 fully saturated rings. The maximum absolute atomic E-state index is 11.8. The van der Waals surface area contributed by atoms with Crippen molar-refractivity contribution in [3.8, 4) is 0 Å². The third-order valence-electron chi connectivity index (χ3n) is 2.56. The van der Waals surface area contributed by atoms with Crippen molar-refractivity contribution in [1.29, 1.82) is 0 Å². The first kappa shape index (κ1) is 13.7. The van der Waals surface area contributed by atoms with E-state index in [0.717, 1.165) is 16.8 Å². The van der Waals surface area contributed by atoms with Gasteiger partial charge in [0.15, 0.2) is 0 Å². The number of nitrogens with one attached hydrogen (secondary N) is 1. The second-order valence-electron chi connectivity index (χ2n) is 4.20. The van der Waals surface area contributed by atoms with E-state index in [9.17, 15) is 4.79 Å². The average molecular weight is 290 g/mol. The van der Waals surface area contributed by atoms with Crippen molar-refractivity contribution < 1.29 is 4.79 Å². The molecule has 0 atom stereocenters. The van der Waals surface area contributed by atoms with Gasteiger partial charge in [-0.05, 0) is 40.1 Å². The highest BCUT2D eigenvalue weighted by atomic mass is 32.1. The van der Waals surface area contributed by atoms with Crippen LogP contribution in [0.5, 0.6) is 0 Å². The van der Waals surface area contributed by atoms with Crippen LogP contribution >= 0.6 is 23.6 Å². The zero-order valence-corrected chi connectivity index (χ0v) is 11.9. The summed E-state index contributed by atoms with van der Waals surface area (Å²) in [5.41, 5.74) is 8.35. The standard InChI is InChI=1S/C14H14N2OS2/c15-13(18)7-10-1-3-12(4-2-10)16-14(17)8-11-5-6-19-9-11/h1-6,9H,7-8H2,(H2,15,18)(H,16,17). The molecule has 2 rings (SSSR count). The molecule has 0 aliphatic heterocycles. The zero-order valence-electron chi connectivity index (χ0n) is 10.3. The highest BCUT2D eigenvalue weighted by Crippen LogP contribution is 2.12. The SMILES string of the molecule is NC(=S)Cc1ccc(NC(=O)Cc2ccsc2)cc1. The van der Waals surface area contributed by atoms with Crippen LogP contribution in [0.15, 0.2) is 41.1 Å². The highest BCUT2D eigenvalue weighted by Gasteiger charge is 2.04. The van der Waals surface area contributed by atoms with Crippen LogP contribution in [0.2, 0.25) is 0 Å². The van der Waals surface area contributed by atoms with Gasteiger partial charge in [-0.25, -0.2) is 0 Å². The van der Waals surface area contributed by atoms with Crippen molar-refractivity contribution in [1.82, 2.24) is 0 Å². The van der Waals surface area contributed by atoms with Gasteiger partial charge < -0.3 is 11.1 Å². The van der Waals surface area contributed by atoms with Gasteiger partial charge >= 0.3 is 0 Å². The van der Waals surface area contributed by atoms with Gasteiger partial charge in [0, 0.05) is 12.1 Å². The topological polar surface area (TPSA) is 55.1 Å². The quantitative estimate of drug-likeness (QED) is 0.833. The first-order valence-corrected chi connectivity index (χ1v) is 7.17. The van der Waals surface area contributed by atoms with Crippen LogP contribution in [0, 0.1) is 0 Å². The number of amides is 1. The van der Waals surface area contributed by atoms with Gasteiger partial charge in [0.25, 0.3) is 0 Å². The molecule has 0 saturated heterocycles. The number of carbonyl (C=O) groups excluding carboxylic acids is 1. The second-order valence-corrected chi connectivity index (χ2v) is 5.50. The van der Waals surface area contributed by atoms with E-state index in [0.29, 0.717) is 17.8 Å². The molecule has 2 aromatic rings. The predicted octanol–water partition coefficient (Wildman–Crippen LogP) is 2.76. The third-order valence-corrected chi connectivity index (χ3v) is 3.44. The van der Waals surface area contributed by atoms with Gasteiger partial charge in [-0.1, -0.05) is 24.4 Å². The number of hydrogen-bond donors (Lipinski definition) is 2. The first-order chi connectivity index (χ1) is 9.13. The molecule has 0 aliphatic rings. The van der Waals surface area contributed by atoms with Crippen molar-refractivity contribution >= 4 is 40.1 Å². The lowest BCUT2D eigenvalue weighted by Gasteiger charge is -2.06. The number of thiophene rings is 1. The summed E-state index contributed by atoms with van der Waals surface area (Å²) >= 11 is 6.45. The number of anilines is 1. The van der Waals surface area contributed by atoms with E-state index in [1.54, 1.807) is 11.3 Å². The molecule has 5 heteroatoms. The van der Waals surface area contributed by atoms with Crippen LogP contribution in [0.1, 0.15) is 11.1 Å². The largest absolute Gasteiger partial charge is 0.393 e. The van der Waals surface area contributed by atoms with Crippen LogP contribution < -0.4 is 11.1 Å². The maximum atomic E-state index is 11.8. The Kier molecular flexibility index (Phi) is 4.65. The van der Waals surface area contributed by atoms with Crippen molar-refractivity contribution in [3.63, 3.8) is 0 Å². The van der Waals surface area contributed by atoms with Gasteiger partial charge in [-0.3, -0.25) is 4.79 Å². The lowest BCUT2D eigenvalue weighted by molar-refractivity contribution is -0.115. The van der Waals surface area contributed by atoms with Gasteiger partial charge in [0.1, 0.15) is 0 Å². The monoisotopic (exact) mass is 290 g/mol. The van der Waals surface area contributed by atoms with Crippen molar-refractivity contribution in [2.75, 3.05) is 5.32 Å². The minimum absolute atomic E-state index is 0.0134. The highest BCUT2D eigenvalue weighted by molar-refractivity contribution is 7.80. The summed E-state index contributed by atoms with van der Waals surface area (Å²) in [6.07, 6.45) is 0.983. The van der Waals surface area contributed by atoms with Crippen LogP contribution in [-0.4, -0.2) is 10.9 Å². The summed E-state index contributed by atoms with van der Waals surface area (Å²) in [5.74, 6) is -0.0134. The molecule has 0 saturated carbocycles. The number of carbonyl (C=O) groups is 1. The van der Waals surface area contributed by atoms with E-state index in [4.69, 9.17) is 18.0 Å². The number of benzene rings is 1. The Morgan fingerprint density at radius 3 is 2.47 bits per heavy atom. The predicted molar refractivity (Wildman–Crippen MR) is 83.6 cm³/mol. The number of rotatable bonds is 5. The van der Waals surface area contributed by atoms with Crippen molar-refractivity contribution in [3.05, 3.63) is 52.2 Å². The van der Waals surface area contributed by atoms with Crippen LogP contribution in [-0.2, 0) is 17.6 Å². The fourth-order valence-electron chi connectivity index (χ4n) is 1.69. The Bertz CT molecular complexity index is 562. The number of nitrogens with two attached hydrogens (primary N) is 1. The van der Waals surface area contributed by atoms with Gasteiger partial charge in [0.05, 0.1) is 11.4 Å². The molecule has 0 aliphatic carbocycles. The first-order valence-electron chi connectivity index (χ1n) is 5.81. The Morgan fingerprint density at radius 2 is 1.89 bits per heavy atom. The molecule has 98 valence electrons. The Hall–Kier alpha value is -1.72. The van der Waals surface area contributed by atoms with Gasteiger partial charge in [0.2, 0.25) is 5.91 Å². The van der Waals surface area contributed by atoms with Crippen molar-refractivity contribution in [2.24, 2.45) is 5.73 Å². The summed E-state index contributed by atoms with van der Waals surface area (Å²) in [4.78, 5) is 12.3. The van der Waals surface area contributed by atoms with E-state index < -0.39 is 0 Å². The van der Waals surface area contributed by atoms with E-state index >= 15 is 0 Å². The number of thiocarbonyl (C=S) groups is 1. The van der Waals surface area contributed by atoms with E-state index in [-0.39, 0.29) is 5.91 Å². The average Bonchev–Trinajstić information content (AvgIpc) is 2.83. The Balaban J connectivity index is 1.92. The Labute approximate surface area is 121 Å². The van der Waals surface area contributed by atoms with E-state index in [1.165, 1.54) is 0 Å². The molecule has 0 radical (unpaired) electrons. The minimum Gasteiger partial charge on any atom is -0.393 e. The molecule has 0 spiro atoms. The van der Waals surface area contributed by atoms with Crippen LogP contribution in [0.3, 0.4) is 0 Å². The second kappa shape index (κ2) is 6.45. The summed E-state index contributed by atoms with van der Waals surface area (Å²) in [6.45, 7) is 0. The molecule has 0 bridgehead atoms. The fraction of sp³-hybridized carbons (Fsp3) is 0.143.